The molecule has 8 rings (SSSR count). The molecule has 5 aromatic carbocycles. The molecule has 1 unspecified atom stereocenters. The molecule has 1 aromatic heterocycles. The van der Waals surface area contributed by atoms with Crippen molar-refractivity contribution < 1.29 is 51.9 Å². The van der Waals surface area contributed by atoms with E-state index in [2.05, 4.69) is 4.98 Å². The largest absolute Gasteiger partial charge is 0.497 e. The van der Waals surface area contributed by atoms with Gasteiger partial charge in [-0.2, -0.15) is 0 Å². The lowest BCUT2D eigenvalue weighted by molar-refractivity contribution is -0.385. The standard InChI is InChI=1S/C48H47N4O15PS/c1-60-38-21-13-34(14-22-38)48(33-8-4-3-5-9-33,35-15-23-39(61-2)24-16-35)63-30-41-44(45(65-43-10-6-7-29-62-43)46(64-41)50-28-27-42(53)49-47(50)54)67-68(59,66-40-25-19-37(20-26-40)52(57)58)69-31-32-11-17-36(18-12-32)51(55)56/h3-5,8-9,11-28,41,43-46H,6-7,10,29-31H2,1-2H3,(H,49,53,54)/t41-,43?,44-,45-,46-,68+/m1/s1. The summed E-state index contributed by atoms with van der Waals surface area (Å²) in [4.78, 5) is 50.2. The average Bonchev–Trinajstić information content (AvgIpc) is 3.69. The maximum Gasteiger partial charge on any atom is 0.440 e. The van der Waals surface area contributed by atoms with Crippen LogP contribution in [-0.4, -0.2) is 71.4 Å². The van der Waals surface area contributed by atoms with Crippen LogP contribution in [0.2, 0.25) is 0 Å². The monoisotopic (exact) mass is 982 g/mol. The number of hydrogen-bond acceptors (Lipinski definition) is 16. The smallest absolute Gasteiger partial charge is 0.440 e. The zero-order valence-corrected chi connectivity index (χ0v) is 38.9. The Hall–Kier alpha value is -6.64. The van der Waals surface area contributed by atoms with E-state index in [4.69, 9.17) is 37.5 Å². The fourth-order valence-corrected chi connectivity index (χ4v) is 11.5. The molecule has 0 bridgehead atoms. The predicted octanol–water partition coefficient (Wildman–Crippen LogP) is 8.69. The number of rotatable bonds is 20. The molecular formula is C48H47N4O15PS. The molecule has 21 heteroatoms. The molecule has 0 amide bonds. The normalized spacial score (nSPS) is 20.1. The number of aromatic amines is 1. The Bertz CT molecular complexity index is 2820. The molecule has 2 saturated heterocycles. The molecule has 1 N–H and O–H groups in total. The number of H-pyrrole nitrogens is 1. The van der Waals surface area contributed by atoms with Gasteiger partial charge in [-0.1, -0.05) is 66.7 Å². The van der Waals surface area contributed by atoms with Crippen molar-refractivity contribution in [2.24, 2.45) is 0 Å². The molecule has 0 spiro atoms. The summed E-state index contributed by atoms with van der Waals surface area (Å²) in [7, 11) is 3.12. The quantitative estimate of drug-likeness (QED) is 0.0326. The second-order valence-electron chi connectivity index (χ2n) is 15.9. The Morgan fingerprint density at radius 1 is 0.754 bits per heavy atom. The molecule has 0 aliphatic carbocycles. The number of non-ortho nitro benzene ring substituents is 2. The highest BCUT2D eigenvalue weighted by molar-refractivity contribution is 8.54. The SMILES string of the molecule is COc1ccc(C(OC[C@H]2O[C@@H](n3ccc(=O)[nH]c3=O)[C@H](OC3CCCCO3)[C@@H]2O[P@](=O)(Oc2ccc([N+](=O)[O-])cc2)SCc2ccc([N+](=O)[O-])cc2)(c2ccccc2)c2ccc(OC)cc2)cc1. The fraction of sp³-hybridized carbons (Fsp3) is 0.292. The predicted molar refractivity (Wildman–Crippen MR) is 253 cm³/mol. The minimum atomic E-state index is -4.56. The van der Waals surface area contributed by atoms with Crippen LogP contribution in [0.15, 0.2) is 149 Å². The van der Waals surface area contributed by atoms with E-state index in [1.165, 1.54) is 54.7 Å². The number of nitro groups is 2. The second-order valence-corrected chi connectivity index (χ2v) is 19.8. The van der Waals surface area contributed by atoms with E-state index >= 15 is 4.57 Å². The topological polar surface area (TPSA) is 232 Å². The molecule has 2 fully saturated rings. The zero-order chi connectivity index (χ0) is 48.5. The third-order valence-corrected chi connectivity index (χ3v) is 15.1. The van der Waals surface area contributed by atoms with E-state index in [1.807, 2.05) is 54.6 Å². The first-order valence-corrected chi connectivity index (χ1v) is 24.8. The van der Waals surface area contributed by atoms with Crippen molar-refractivity contribution in [1.82, 2.24) is 9.55 Å². The van der Waals surface area contributed by atoms with Crippen LogP contribution in [0.5, 0.6) is 17.2 Å². The maximum absolute atomic E-state index is 15.6. The molecule has 2 aliphatic rings. The van der Waals surface area contributed by atoms with Crippen molar-refractivity contribution in [1.29, 1.82) is 0 Å². The van der Waals surface area contributed by atoms with Gasteiger partial charge < -0.3 is 32.9 Å². The van der Waals surface area contributed by atoms with Crippen molar-refractivity contribution in [3.8, 4) is 17.2 Å². The Balaban J connectivity index is 1.26. The molecule has 6 aromatic rings. The number of benzene rings is 5. The average molecular weight is 983 g/mol. The first kappa shape index (κ1) is 48.8. The summed E-state index contributed by atoms with van der Waals surface area (Å²) >= 11 is 0.741. The third kappa shape index (κ3) is 11.3. The van der Waals surface area contributed by atoms with E-state index in [9.17, 15) is 29.8 Å². The van der Waals surface area contributed by atoms with E-state index in [-0.39, 0.29) is 29.5 Å². The summed E-state index contributed by atoms with van der Waals surface area (Å²) in [5, 5.41) is 23.0. The van der Waals surface area contributed by atoms with Crippen molar-refractivity contribution in [2.45, 2.75) is 61.4 Å². The van der Waals surface area contributed by atoms with Gasteiger partial charge in [0, 0.05) is 48.9 Å². The molecule has 0 saturated carbocycles. The van der Waals surface area contributed by atoms with Crippen molar-refractivity contribution >= 4 is 29.6 Å². The lowest BCUT2D eigenvalue weighted by Gasteiger charge is -2.37. The maximum atomic E-state index is 15.6. The van der Waals surface area contributed by atoms with E-state index in [1.54, 1.807) is 38.5 Å². The lowest BCUT2D eigenvalue weighted by atomic mass is 9.80. The Labute approximate surface area is 398 Å². The summed E-state index contributed by atoms with van der Waals surface area (Å²) < 4.78 is 67.5. The van der Waals surface area contributed by atoms with Crippen LogP contribution < -0.4 is 25.2 Å². The minimum Gasteiger partial charge on any atom is -0.497 e. The molecule has 0 radical (unpaired) electrons. The highest BCUT2D eigenvalue weighted by Gasteiger charge is 2.53. The van der Waals surface area contributed by atoms with Crippen molar-refractivity contribution in [2.75, 3.05) is 27.4 Å². The number of methoxy groups -OCH3 is 2. The van der Waals surface area contributed by atoms with Gasteiger partial charge in [-0.3, -0.25) is 39.1 Å². The molecule has 6 atom stereocenters. The van der Waals surface area contributed by atoms with Gasteiger partial charge >= 0.3 is 12.5 Å². The van der Waals surface area contributed by atoms with Gasteiger partial charge in [-0.25, -0.2) is 9.36 Å². The Morgan fingerprint density at radius 3 is 1.88 bits per heavy atom. The van der Waals surface area contributed by atoms with Gasteiger partial charge in [-0.15, -0.1) is 0 Å². The summed E-state index contributed by atoms with van der Waals surface area (Å²) in [5.74, 6) is 1.09. The van der Waals surface area contributed by atoms with Gasteiger partial charge in [0.05, 0.1) is 30.7 Å². The second kappa shape index (κ2) is 21.8. The number of ether oxygens (including phenoxy) is 6. The van der Waals surface area contributed by atoms with Crippen LogP contribution in [0.4, 0.5) is 11.4 Å². The van der Waals surface area contributed by atoms with Crippen molar-refractivity contribution in [3.05, 3.63) is 203 Å². The highest BCUT2D eigenvalue weighted by atomic mass is 32.7. The van der Waals surface area contributed by atoms with E-state index in [0.29, 0.717) is 46.8 Å². The van der Waals surface area contributed by atoms with Crippen LogP contribution in [0.3, 0.4) is 0 Å². The van der Waals surface area contributed by atoms with Gasteiger partial charge in [0.1, 0.15) is 41.2 Å². The van der Waals surface area contributed by atoms with Crippen LogP contribution in [0.1, 0.15) is 47.7 Å². The molecular weight excluding hydrogens is 936 g/mol. The van der Waals surface area contributed by atoms with Gasteiger partial charge in [0.2, 0.25) is 0 Å². The fourth-order valence-electron chi connectivity index (χ4n) is 8.09. The summed E-state index contributed by atoms with van der Waals surface area (Å²) in [6.45, 7) is -4.53. The summed E-state index contributed by atoms with van der Waals surface area (Å²) in [6, 6.07) is 35.8. The molecule has 69 heavy (non-hydrogen) atoms. The number of aromatic nitrogens is 2. The number of nitrogens with one attached hydrogen (secondary N) is 1. The number of hydrogen-bond donors (Lipinski definition) is 1. The van der Waals surface area contributed by atoms with Crippen LogP contribution >= 0.6 is 18.2 Å². The van der Waals surface area contributed by atoms with Gasteiger partial charge in [0.15, 0.2) is 12.5 Å². The minimum absolute atomic E-state index is 0.0459. The van der Waals surface area contributed by atoms with Crippen LogP contribution in [0.25, 0.3) is 0 Å². The third-order valence-electron chi connectivity index (χ3n) is 11.5. The number of nitrogens with zero attached hydrogens (tertiary/aromatic N) is 3. The number of nitro benzene ring substituents is 2. The van der Waals surface area contributed by atoms with Crippen molar-refractivity contribution in [3.63, 3.8) is 0 Å². The molecule has 19 nitrogen and oxygen atoms in total. The van der Waals surface area contributed by atoms with Gasteiger partial charge in [-0.05, 0) is 89.3 Å². The summed E-state index contributed by atoms with van der Waals surface area (Å²) in [5.41, 5.74) is -0.702. The van der Waals surface area contributed by atoms with Crippen LogP contribution in [0, 0.1) is 20.2 Å². The Kier molecular flexibility index (Phi) is 15.4. The van der Waals surface area contributed by atoms with Crippen LogP contribution in [-0.2, 0) is 39.4 Å². The molecule has 2 aliphatic heterocycles. The Morgan fingerprint density at radius 2 is 1.33 bits per heavy atom. The highest BCUT2D eigenvalue weighted by Crippen LogP contribution is 2.63. The molecule has 360 valence electrons. The molecule has 3 heterocycles. The van der Waals surface area contributed by atoms with Gasteiger partial charge in [0.25, 0.3) is 16.9 Å². The lowest BCUT2D eigenvalue weighted by Crippen LogP contribution is -2.44. The first-order chi connectivity index (χ1) is 33.4. The van der Waals surface area contributed by atoms with E-state index in [0.717, 1.165) is 34.9 Å². The van der Waals surface area contributed by atoms with E-state index < -0.39 is 64.3 Å². The first-order valence-electron chi connectivity index (χ1n) is 21.7. The summed E-state index contributed by atoms with van der Waals surface area (Å²) in [6.07, 6.45) is -2.90. The zero-order valence-electron chi connectivity index (χ0n) is 37.2.